The molecule has 138 valence electrons. The van der Waals surface area contributed by atoms with Crippen molar-refractivity contribution in [3.63, 3.8) is 0 Å². The average molecular weight is 374 g/mol. The summed E-state index contributed by atoms with van der Waals surface area (Å²) in [6.07, 6.45) is 0. The van der Waals surface area contributed by atoms with Gasteiger partial charge in [-0.25, -0.2) is 0 Å². The second kappa shape index (κ2) is 6.24. The minimum Gasteiger partial charge on any atom is -0.619 e. The van der Waals surface area contributed by atoms with Gasteiger partial charge in [0.25, 0.3) is 0 Å². The van der Waals surface area contributed by atoms with Crippen LogP contribution < -0.4 is 5.32 Å². The summed E-state index contributed by atoms with van der Waals surface area (Å²) in [5.74, 6) is -2.27. The summed E-state index contributed by atoms with van der Waals surface area (Å²) in [6, 6.07) is 14.1. The van der Waals surface area contributed by atoms with Crippen LogP contribution in [0, 0.1) is 5.21 Å². The number of aromatic hydroxyl groups is 2. The van der Waals surface area contributed by atoms with Crippen LogP contribution in [0.3, 0.4) is 0 Å². The van der Waals surface area contributed by atoms with Crippen LogP contribution in [0.2, 0.25) is 0 Å². The SMILES string of the molecule is C=[N+]([O-])c1ccc(O)c2c1C(=O)c1c(Nc3ccccc3)ccc(O)c1C2=O. The Bertz CT molecular complexity index is 1170. The summed E-state index contributed by atoms with van der Waals surface area (Å²) in [6.45, 7) is 3.24. The number of nitrogens with zero attached hydrogens (tertiary/aromatic N) is 1. The minimum absolute atomic E-state index is 0.0740. The van der Waals surface area contributed by atoms with E-state index < -0.39 is 23.1 Å². The number of hydrogen-bond acceptors (Lipinski definition) is 6. The molecule has 0 bridgehead atoms. The molecule has 3 N–H and O–H groups in total. The predicted octanol–water partition coefficient (Wildman–Crippen LogP) is 3.46. The van der Waals surface area contributed by atoms with Gasteiger partial charge in [0.1, 0.15) is 23.8 Å². The third kappa shape index (κ3) is 2.49. The predicted molar refractivity (Wildman–Crippen MR) is 103 cm³/mol. The fourth-order valence-corrected chi connectivity index (χ4v) is 3.34. The summed E-state index contributed by atoms with van der Waals surface area (Å²) in [5, 5.41) is 35.3. The number of nitrogens with one attached hydrogen (secondary N) is 1. The number of carbonyl (C=O) groups is 2. The molecular weight excluding hydrogens is 360 g/mol. The van der Waals surface area contributed by atoms with Crippen molar-refractivity contribution in [2.45, 2.75) is 0 Å². The van der Waals surface area contributed by atoms with Crippen molar-refractivity contribution in [3.05, 3.63) is 82.1 Å². The van der Waals surface area contributed by atoms with Crippen LogP contribution in [0.5, 0.6) is 11.5 Å². The second-order valence-corrected chi connectivity index (χ2v) is 6.26. The molecule has 0 aliphatic heterocycles. The standard InChI is InChI=1S/C21H14N2O5/c1-23(28)13-8-10-15(25)19-17(13)20(26)16-12(22-11-5-3-2-4-6-11)7-9-14(24)18(16)21(19)27/h2-10,22,24-25H,1H2. The normalized spacial score (nSPS) is 12.3. The van der Waals surface area contributed by atoms with Crippen LogP contribution in [0.4, 0.5) is 17.1 Å². The topological polar surface area (TPSA) is 113 Å². The van der Waals surface area contributed by atoms with Gasteiger partial charge in [-0.1, -0.05) is 18.2 Å². The maximum Gasteiger partial charge on any atom is 0.228 e. The molecule has 0 saturated heterocycles. The first-order chi connectivity index (χ1) is 13.4. The molecule has 0 fully saturated rings. The van der Waals surface area contributed by atoms with E-state index in [1.807, 2.05) is 6.07 Å². The van der Waals surface area contributed by atoms with Gasteiger partial charge in [-0.15, -0.1) is 0 Å². The number of ketones is 2. The third-order valence-electron chi connectivity index (χ3n) is 4.57. The molecule has 0 heterocycles. The Morgan fingerprint density at radius 1 is 0.786 bits per heavy atom. The van der Waals surface area contributed by atoms with Crippen LogP contribution in [-0.2, 0) is 0 Å². The number of para-hydroxylation sites is 1. The first-order valence-corrected chi connectivity index (χ1v) is 8.31. The van der Waals surface area contributed by atoms with Crippen LogP contribution in [0.25, 0.3) is 0 Å². The molecule has 1 aliphatic rings. The summed E-state index contributed by atoms with van der Waals surface area (Å²) >= 11 is 0. The Morgan fingerprint density at radius 3 is 2.00 bits per heavy atom. The van der Waals surface area contributed by atoms with Gasteiger partial charge in [0.05, 0.1) is 22.4 Å². The van der Waals surface area contributed by atoms with Crippen LogP contribution in [-0.4, -0.2) is 33.2 Å². The van der Waals surface area contributed by atoms with Crippen molar-refractivity contribution in [3.8, 4) is 11.5 Å². The first kappa shape index (κ1) is 17.3. The molecule has 1 aliphatic carbocycles. The summed E-state index contributed by atoms with van der Waals surface area (Å²) in [4.78, 5) is 26.3. The Hall–Kier alpha value is -4.13. The Morgan fingerprint density at radius 2 is 1.36 bits per heavy atom. The molecule has 3 aromatic carbocycles. The maximum atomic E-state index is 13.3. The van der Waals surface area contributed by atoms with Gasteiger partial charge in [0.2, 0.25) is 17.3 Å². The zero-order valence-corrected chi connectivity index (χ0v) is 14.5. The number of phenols is 2. The minimum atomic E-state index is -0.750. The molecule has 28 heavy (non-hydrogen) atoms. The van der Waals surface area contributed by atoms with Crippen molar-refractivity contribution in [1.29, 1.82) is 0 Å². The van der Waals surface area contributed by atoms with Gasteiger partial charge < -0.3 is 20.7 Å². The zero-order chi connectivity index (χ0) is 20.0. The van der Waals surface area contributed by atoms with Crippen molar-refractivity contribution >= 4 is 35.3 Å². The van der Waals surface area contributed by atoms with Gasteiger partial charge in [0, 0.05) is 11.8 Å². The van der Waals surface area contributed by atoms with Crippen molar-refractivity contribution < 1.29 is 24.5 Å². The van der Waals surface area contributed by atoms with E-state index in [9.17, 15) is 25.0 Å². The van der Waals surface area contributed by atoms with Crippen LogP contribution in [0.1, 0.15) is 31.8 Å². The van der Waals surface area contributed by atoms with Crippen molar-refractivity contribution in [1.82, 2.24) is 0 Å². The van der Waals surface area contributed by atoms with Gasteiger partial charge in [-0.3, -0.25) is 9.59 Å². The fraction of sp³-hybridized carbons (Fsp3) is 0. The Balaban J connectivity index is 1.99. The van der Waals surface area contributed by atoms with E-state index >= 15 is 0 Å². The monoisotopic (exact) mass is 374 g/mol. The highest BCUT2D eigenvalue weighted by Crippen LogP contribution is 2.43. The lowest BCUT2D eigenvalue weighted by atomic mass is 9.81. The van der Waals surface area contributed by atoms with E-state index in [2.05, 4.69) is 12.0 Å². The molecule has 7 nitrogen and oxygen atoms in total. The van der Waals surface area contributed by atoms with Crippen molar-refractivity contribution in [2.75, 3.05) is 5.32 Å². The molecule has 0 spiro atoms. The number of phenolic OH excluding ortho intramolecular Hbond substituents is 2. The summed E-state index contributed by atoms with van der Waals surface area (Å²) in [7, 11) is 0. The number of fused-ring (bicyclic) bond motifs is 2. The fourth-order valence-electron chi connectivity index (χ4n) is 3.34. The number of hydrogen-bond donors (Lipinski definition) is 3. The van der Waals surface area contributed by atoms with E-state index in [1.54, 1.807) is 24.3 Å². The van der Waals surface area contributed by atoms with E-state index in [4.69, 9.17) is 0 Å². The quantitative estimate of drug-likeness (QED) is 0.166. The first-order valence-electron chi connectivity index (χ1n) is 8.31. The molecule has 3 aromatic rings. The maximum absolute atomic E-state index is 13.3. The van der Waals surface area contributed by atoms with E-state index in [-0.39, 0.29) is 32.7 Å². The largest absolute Gasteiger partial charge is 0.619 e. The van der Waals surface area contributed by atoms with E-state index in [1.165, 1.54) is 18.2 Å². The summed E-state index contributed by atoms with van der Waals surface area (Å²) < 4.78 is 0.210. The lowest BCUT2D eigenvalue weighted by Crippen LogP contribution is -2.24. The van der Waals surface area contributed by atoms with E-state index in [0.29, 0.717) is 11.4 Å². The summed E-state index contributed by atoms with van der Waals surface area (Å²) in [5.41, 5.74) is -0.0666. The van der Waals surface area contributed by atoms with E-state index in [0.717, 1.165) is 6.07 Å². The highest BCUT2D eigenvalue weighted by molar-refractivity contribution is 6.33. The van der Waals surface area contributed by atoms with Gasteiger partial charge >= 0.3 is 0 Å². The molecule has 4 rings (SSSR count). The zero-order valence-electron chi connectivity index (χ0n) is 14.5. The highest BCUT2D eigenvalue weighted by Gasteiger charge is 2.39. The van der Waals surface area contributed by atoms with Crippen LogP contribution >= 0.6 is 0 Å². The molecule has 0 aromatic heterocycles. The van der Waals surface area contributed by atoms with Crippen molar-refractivity contribution in [2.24, 2.45) is 0 Å². The number of anilines is 2. The molecule has 0 amide bonds. The smallest absolute Gasteiger partial charge is 0.228 e. The molecule has 7 heteroatoms. The number of benzene rings is 3. The lowest BCUT2D eigenvalue weighted by Gasteiger charge is -2.23. The molecule has 0 unspecified atom stereocenters. The second-order valence-electron chi connectivity index (χ2n) is 6.26. The number of rotatable bonds is 3. The molecule has 0 radical (unpaired) electrons. The molecule has 0 atom stereocenters. The van der Waals surface area contributed by atoms with Gasteiger partial charge in [0.15, 0.2) is 0 Å². The Labute approximate surface area is 159 Å². The van der Waals surface area contributed by atoms with Crippen LogP contribution in [0.15, 0.2) is 54.6 Å². The third-order valence-corrected chi connectivity index (χ3v) is 4.57. The average Bonchev–Trinajstić information content (AvgIpc) is 2.67. The number of carbonyl (C=O) groups excluding carboxylic acids is 2. The lowest BCUT2D eigenvalue weighted by molar-refractivity contribution is -0.350. The Kier molecular flexibility index (Phi) is 3.85. The van der Waals surface area contributed by atoms with Gasteiger partial charge in [-0.2, -0.15) is 4.74 Å². The molecule has 0 saturated carbocycles. The van der Waals surface area contributed by atoms with Gasteiger partial charge in [-0.05, 0) is 30.3 Å². The highest BCUT2D eigenvalue weighted by atomic mass is 16.5. The molecular formula is C21H14N2O5.